The zero-order valence-electron chi connectivity index (χ0n) is 14.6. The molecule has 0 saturated heterocycles. The Balaban J connectivity index is 1.73. The summed E-state index contributed by atoms with van der Waals surface area (Å²) < 4.78 is 25.5. The van der Waals surface area contributed by atoms with Crippen LogP contribution in [0.25, 0.3) is 6.08 Å². The molecule has 1 heterocycles. The third-order valence-corrected chi connectivity index (χ3v) is 5.49. The number of carbonyl (C=O) groups excluding carboxylic acids is 1. The van der Waals surface area contributed by atoms with Gasteiger partial charge in [-0.25, -0.2) is 8.42 Å². The number of amides is 1. The first-order chi connectivity index (χ1) is 11.8. The Bertz CT molecular complexity index is 951. The van der Waals surface area contributed by atoms with Crippen LogP contribution in [0.5, 0.6) is 0 Å². The number of rotatable bonds is 5. The second kappa shape index (κ2) is 6.52. The summed E-state index contributed by atoms with van der Waals surface area (Å²) in [5, 5.41) is 2.70. The van der Waals surface area contributed by atoms with Gasteiger partial charge in [-0.1, -0.05) is 6.07 Å². The molecule has 1 aliphatic rings. The fraction of sp³-hybridized carbons (Fsp3) is 0.316. The lowest BCUT2D eigenvalue weighted by Gasteiger charge is -2.06. The van der Waals surface area contributed by atoms with Gasteiger partial charge in [-0.2, -0.15) is 0 Å². The van der Waals surface area contributed by atoms with Gasteiger partial charge in [-0.15, -0.1) is 0 Å². The Hall–Kier alpha value is -2.34. The van der Waals surface area contributed by atoms with Gasteiger partial charge in [0.25, 0.3) is 0 Å². The Labute approximate surface area is 148 Å². The second-order valence-corrected chi connectivity index (χ2v) is 8.57. The van der Waals surface area contributed by atoms with Crippen LogP contribution in [0.15, 0.2) is 41.3 Å². The van der Waals surface area contributed by atoms with Crippen molar-refractivity contribution in [2.75, 3.05) is 11.6 Å². The molecule has 0 unspecified atom stereocenters. The SMILES string of the molecule is Cc1cc(/C=C/C(=O)Nc2cccc(S(C)(=O)=O)c2)c(C)n1C1CC1. The highest BCUT2D eigenvalue weighted by Crippen LogP contribution is 2.38. The van der Waals surface area contributed by atoms with Crippen molar-refractivity contribution < 1.29 is 13.2 Å². The summed E-state index contributed by atoms with van der Waals surface area (Å²) in [5.41, 5.74) is 3.87. The highest BCUT2D eigenvalue weighted by Gasteiger charge is 2.26. The van der Waals surface area contributed by atoms with E-state index in [0.29, 0.717) is 11.7 Å². The zero-order valence-corrected chi connectivity index (χ0v) is 15.4. The van der Waals surface area contributed by atoms with Crippen LogP contribution in [0, 0.1) is 13.8 Å². The standard InChI is InChI=1S/C19H22N2O3S/c1-13-11-15(14(2)21(13)17-8-9-17)7-10-19(22)20-16-5-4-6-18(12-16)25(3,23)24/h4-7,10-12,17H,8-9H2,1-3H3,(H,20,22)/b10-7+. The van der Waals surface area contributed by atoms with Gasteiger partial charge in [0.2, 0.25) is 5.91 Å². The van der Waals surface area contributed by atoms with Crippen molar-refractivity contribution in [1.82, 2.24) is 4.57 Å². The molecule has 3 rings (SSSR count). The van der Waals surface area contributed by atoms with Crippen molar-refractivity contribution in [3.05, 3.63) is 53.4 Å². The summed E-state index contributed by atoms with van der Waals surface area (Å²) in [6, 6.07) is 8.93. The third-order valence-electron chi connectivity index (χ3n) is 4.38. The van der Waals surface area contributed by atoms with E-state index in [1.807, 2.05) is 0 Å². The maximum atomic E-state index is 12.1. The predicted octanol–water partition coefficient (Wildman–Crippen LogP) is 3.50. The first-order valence-electron chi connectivity index (χ1n) is 8.23. The number of hydrogen-bond donors (Lipinski definition) is 1. The minimum absolute atomic E-state index is 0.183. The van der Waals surface area contributed by atoms with Crippen molar-refractivity contribution >= 4 is 27.5 Å². The van der Waals surface area contributed by atoms with E-state index in [-0.39, 0.29) is 10.8 Å². The Morgan fingerprint density at radius 3 is 2.60 bits per heavy atom. The number of hydrogen-bond acceptors (Lipinski definition) is 3. The van der Waals surface area contributed by atoms with Gasteiger partial charge in [0, 0.05) is 35.4 Å². The summed E-state index contributed by atoms with van der Waals surface area (Å²) in [7, 11) is -3.30. The van der Waals surface area contributed by atoms with Gasteiger partial charge in [-0.3, -0.25) is 4.79 Å². The molecule has 1 N–H and O–H groups in total. The molecule has 0 aliphatic heterocycles. The number of sulfone groups is 1. The molecule has 132 valence electrons. The van der Waals surface area contributed by atoms with E-state index >= 15 is 0 Å². The monoisotopic (exact) mass is 358 g/mol. The summed E-state index contributed by atoms with van der Waals surface area (Å²) in [6.07, 6.45) is 6.86. The van der Waals surface area contributed by atoms with Crippen LogP contribution >= 0.6 is 0 Å². The molecule has 1 aromatic heterocycles. The molecule has 1 aromatic carbocycles. The van der Waals surface area contributed by atoms with E-state index in [1.54, 1.807) is 18.2 Å². The molecule has 1 saturated carbocycles. The smallest absolute Gasteiger partial charge is 0.248 e. The Morgan fingerprint density at radius 2 is 1.96 bits per heavy atom. The van der Waals surface area contributed by atoms with Crippen molar-refractivity contribution in [2.24, 2.45) is 0 Å². The minimum atomic E-state index is -3.30. The predicted molar refractivity (Wildman–Crippen MR) is 99.4 cm³/mol. The summed E-state index contributed by atoms with van der Waals surface area (Å²) >= 11 is 0. The molecule has 2 aromatic rings. The van der Waals surface area contributed by atoms with Crippen molar-refractivity contribution in [3.8, 4) is 0 Å². The topological polar surface area (TPSA) is 68.2 Å². The van der Waals surface area contributed by atoms with Crippen molar-refractivity contribution in [3.63, 3.8) is 0 Å². The van der Waals surface area contributed by atoms with Crippen LogP contribution in [0.4, 0.5) is 5.69 Å². The molecule has 0 radical (unpaired) electrons. The number of carbonyl (C=O) groups is 1. The summed E-state index contributed by atoms with van der Waals surface area (Å²) in [5.74, 6) is -0.290. The summed E-state index contributed by atoms with van der Waals surface area (Å²) in [6.45, 7) is 4.15. The normalized spacial score (nSPS) is 14.8. The molecule has 1 fully saturated rings. The number of nitrogens with one attached hydrogen (secondary N) is 1. The van der Waals surface area contributed by atoms with Gasteiger partial charge < -0.3 is 9.88 Å². The van der Waals surface area contributed by atoms with Gasteiger partial charge >= 0.3 is 0 Å². The molecular weight excluding hydrogens is 336 g/mol. The molecular formula is C19H22N2O3S. The van der Waals surface area contributed by atoms with Crippen LogP contribution in [-0.4, -0.2) is 25.1 Å². The van der Waals surface area contributed by atoms with Crippen LogP contribution in [-0.2, 0) is 14.6 Å². The van der Waals surface area contributed by atoms with Gasteiger partial charge in [0.1, 0.15) is 0 Å². The molecule has 6 heteroatoms. The van der Waals surface area contributed by atoms with Crippen LogP contribution < -0.4 is 5.32 Å². The fourth-order valence-corrected chi connectivity index (χ4v) is 3.69. The van der Waals surface area contributed by atoms with Crippen LogP contribution in [0.1, 0.15) is 35.8 Å². The number of aryl methyl sites for hydroxylation is 1. The molecule has 0 bridgehead atoms. The van der Waals surface area contributed by atoms with Crippen LogP contribution in [0.2, 0.25) is 0 Å². The molecule has 5 nitrogen and oxygen atoms in total. The second-order valence-electron chi connectivity index (χ2n) is 6.55. The number of anilines is 1. The highest BCUT2D eigenvalue weighted by molar-refractivity contribution is 7.90. The van der Waals surface area contributed by atoms with Crippen LogP contribution in [0.3, 0.4) is 0 Å². The van der Waals surface area contributed by atoms with Gasteiger partial charge in [0.05, 0.1) is 4.90 Å². The van der Waals surface area contributed by atoms with E-state index in [4.69, 9.17) is 0 Å². The zero-order chi connectivity index (χ0) is 18.2. The lowest BCUT2D eigenvalue weighted by molar-refractivity contribution is -0.111. The molecule has 0 spiro atoms. The quantitative estimate of drug-likeness (QED) is 0.832. The average molecular weight is 358 g/mol. The average Bonchev–Trinajstić information content (AvgIpc) is 3.31. The van der Waals surface area contributed by atoms with E-state index in [0.717, 1.165) is 11.8 Å². The maximum Gasteiger partial charge on any atom is 0.248 e. The van der Waals surface area contributed by atoms with E-state index < -0.39 is 9.84 Å². The number of benzene rings is 1. The van der Waals surface area contributed by atoms with Crippen molar-refractivity contribution in [2.45, 2.75) is 37.6 Å². The largest absolute Gasteiger partial charge is 0.346 e. The lowest BCUT2D eigenvalue weighted by atomic mass is 10.2. The summed E-state index contributed by atoms with van der Waals surface area (Å²) in [4.78, 5) is 12.3. The molecule has 1 aliphatic carbocycles. The van der Waals surface area contributed by atoms with Crippen molar-refractivity contribution in [1.29, 1.82) is 0 Å². The minimum Gasteiger partial charge on any atom is -0.346 e. The lowest BCUT2D eigenvalue weighted by Crippen LogP contribution is -2.08. The highest BCUT2D eigenvalue weighted by atomic mass is 32.2. The number of aromatic nitrogens is 1. The first kappa shape index (κ1) is 17.5. The Kier molecular flexibility index (Phi) is 4.56. The third kappa shape index (κ3) is 4.02. The Morgan fingerprint density at radius 1 is 1.24 bits per heavy atom. The van der Waals surface area contributed by atoms with E-state index in [2.05, 4.69) is 29.8 Å². The molecule has 0 atom stereocenters. The first-order valence-corrected chi connectivity index (χ1v) is 10.1. The molecule has 1 amide bonds. The van der Waals surface area contributed by atoms with Gasteiger partial charge in [0.15, 0.2) is 9.84 Å². The fourth-order valence-electron chi connectivity index (χ4n) is 3.02. The van der Waals surface area contributed by atoms with Gasteiger partial charge in [-0.05, 0) is 62.6 Å². The maximum absolute atomic E-state index is 12.1. The van der Waals surface area contributed by atoms with E-state index in [1.165, 1.54) is 42.4 Å². The number of nitrogens with zero attached hydrogens (tertiary/aromatic N) is 1. The van der Waals surface area contributed by atoms with E-state index in [9.17, 15) is 13.2 Å². The molecule has 25 heavy (non-hydrogen) atoms.